The number of benzene rings is 2. The first-order valence-corrected chi connectivity index (χ1v) is 11.8. The number of carbonyl (C=O) groups excluding carboxylic acids is 2. The van der Waals surface area contributed by atoms with Crippen molar-refractivity contribution in [1.29, 1.82) is 0 Å². The van der Waals surface area contributed by atoms with Crippen LogP contribution in [0.2, 0.25) is 0 Å². The third-order valence-corrected chi connectivity index (χ3v) is 8.02. The van der Waals surface area contributed by atoms with E-state index in [9.17, 15) is 18.0 Å². The molecule has 1 aliphatic heterocycles. The van der Waals surface area contributed by atoms with Crippen LogP contribution in [0.5, 0.6) is 0 Å². The Morgan fingerprint density at radius 2 is 1.90 bits per heavy atom. The highest BCUT2D eigenvalue weighted by Crippen LogP contribution is 2.37. The monoisotopic (exact) mass is 432 g/mol. The molecule has 3 rings (SSSR count). The van der Waals surface area contributed by atoms with Crippen molar-refractivity contribution < 1.29 is 18.0 Å². The Labute approximate surface area is 175 Å². The summed E-state index contributed by atoms with van der Waals surface area (Å²) in [5.41, 5.74) is 3.30. The Kier molecular flexibility index (Phi) is 6.05. The lowest BCUT2D eigenvalue weighted by Crippen LogP contribution is -2.28. The number of anilines is 2. The molecule has 0 unspecified atom stereocenters. The van der Waals surface area contributed by atoms with E-state index in [-0.39, 0.29) is 27.7 Å². The molecule has 2 N–H and O–H groups in total. The van der Waals surface area contributed by atoms with E-state index >= 15 is 0 Å². The van der Waals surface area contributed by atoms with Gasteiger partial charge >= 0.3 is 0 Å². The zero-order chi connectivity index (χ0) is 21.3. The molecular formula is C21H24N2O4S2. The summed E-state index contributed by atoms with van der Waals surface area (Å²) >= 11 is 1.39. The fourth-order valence-electron chi connectivity index (χ4n) is 2.97. The van der Waals surface area contributed by atoms with Crippen molar-refractivity contribution in [3.8, 4) is 0 Å². The number of fused-ring (bicyclic) bond motifs is 1. The molecule has 0 aromatic heterocycles. The van der Waals surface area contributed by atoms with Gasteiger partial charge in [-0.15, -0.1) is 11.8 Å². The van der Waals surface area contributed by atoms with Crippen LogP contribution < -0.4 is 10.6 Å². The van der Waals surface area contributed by atoms with E-state index < -0.39 is 15.8 Å². The Morgan fingerprint density at radius 3 is 2.59 bits per heavy atom. The highest BCUT2D eigenvalue weighted by atomic mass is 32.2. The van der Waals surface area contributed by atoms with Gasteiger partial charge in [-0.25, -0.2) is 8.42 Å². The van der Waals surface area contributed by atoms with E-state index in [1.54, 1.807) is 26.0 Å². The van der Waals surface area contributed by atoms with Crippen LogP contribution in [0.15, 0.2) is 46.2 Å². The second-order valence-corrected chi connectivity index (χ2v) is 10.8. The number of thioether (sulfide) groups is 1. The van der Waals surface area contributed by atoms with Gasteiger partial charge in [0.1, 0.15) is 0 Å². The molecular weight excluding hydrogens is 408 g/mol. The number of rotatable bonds is 5. The quantitative estimate of drug-likeness (QED) is 0.750. The van der Waals surface area contributed by atoms with Crippen LogP contribution in [-0.4, -0.2) is 31.2 Å². The molecule has 0 spiro atoms. The largest absolute Gasteiger partial charge is 0.326 e. The molecule has 154 valence electrons. The topological polar surface area (TPSA) is 92.3 Å². The van der Waals surface area contributed by atoms with Gasteiger partial charge in [0.25, 0.3) is 0 Å². The Bertz CT molecular complexity index is 1080. The first kappa shape index (κ1) is 21.4. The lowest BCUT2D eigenvalue weighted by molar-refractivity contribution is -0.119. The van der Waals surface area contributed by atoms with Crippen LogP contribution in [-0.2, 0) is 19.4 Å². The first-order valence-electron chi connectivity index (χ1n) is 9.29. The van der Waals surface area contributed by atoms with Gasteiger partial charge in [-0.05, 0) is 62.2 Å². The Hall–Kier alpha value is -2.32. The molecule has 2 aromatic rings. The van der Waals surface area contributed by atoms with Gasteiger partial charge in [0, 0.05) is 16.5 Å². The summed E-state index contributed by atoms with van der Waals surface area (Å²) < 4.78 is 25.7. The summed E-state index contributed by atoms with van der Waals surface area (Å²) in [5, 5.41) is 5.29. The second-order valence-electron chi connectivity index (χ2n) is 7.38. The lowest BCUT2D eigenvalue weighted by atomic mass is 10.1. The zero-order valence-corrected chi connectivity index (χ0v) is 18.4. The van der Waals surface area contributed by atoms with Gasteiger partial charge in [-0.3, -0.25) is 9.59 Å². The lowest BCUT2D eigenvalue weighted by Gasteiger charge is -2.22. The number of nitrogens with one attached hydrogen (secondary N) is 2. The molecule has 0 aliphatic carbocycles. The summed E-state index contributed by atoms with van der Waals surface area (Å²) in [6, 6.07) is 10.3. The molecule has 2 atom stereocenters. The average Bonchev–Trinajstić information content (AvgIpc) is 2.65. The summed E-state index contributed by atoms with van der Waals surface area (Å²) in [6.45, 7) is 7.32. The van der Waals surface area contributed by atoms with Crippen molar-refractivity contribution in [3.63, 3.8) is 0 Å². The highest BCUT2D eigenvalue weighted by Gasteiger charge is 2.27. The molecule has 0 saturated heterocycles. The predicted molar refractivity (Wildman–Crippen MR) is 116 cm³/mol. The maximum atomic E-state index is 12.8. The molecule has 0 radical (unpaired) electrons. The van der Waals surface area contributed by atoms with Gasteiger partial charge in [0.2, 0.25) is 11.8 Å². The summed E-state index contributed by atoms with van der Waals surface area (Å²) in [7, 11) is -3.70. The molecule has 1 heterocycles. The van der Waals surface area contributed by atoms with Crippen LogP contribution in [0, 0.1) is 19.8 Å². The molecule has 0 saturated carbocycles. The number of hydrogen-bond acceptors (Lipinski definition) is 5. The molecule has 0 fully saturated rings. The highest BCUT2D eigenvalue weighted by molar-refractivity contribution is 8.01. The number of hydrogen-bond donors (Lipinski definition) is 2. The first-order chi connectivity index (χ1) is 13.6. The molecule has 2 amide bonds. The van der Waals surface area contributed by atoms with Gasteiger partial charge in [-0.1, -0.05) is 13.0 Å². The van der Waals surface area contributed by atoms with E-state index in [0.717, 1.165) is 16.0 Å². The fourth-order valence-corrected chi connectivity index (χ4v) is 5.47. The van der Waals surface area contributed by atoms with Crippen molar-refractivity contribution in [3.05, 3.63) is 47.5 Å². The summed E-state index contributed by atoms with van der Waals surface area (Å²) in [4.78, 5) is 25.3. The molecule has 6 nitrogen and oxygen atoms in total. The molecule has 8 heteroatoms. The Balaban J connectivity index is 1.73. The third kappa shape index (κ3) is 4.82. The van der Waals surface area contributed by atoms with Crippen molar-refractivity contribution >= 4 is 44.8 Å². The van der Waals surface area contributed by atoms with Crippen LogP contribution in [0.3, 0.4) is 0 Å². The standard InChI is InChI=1S/C21H24N2O4S2/c1-12-5-6-16(9-13(12)2)22-20(24)14(3)11-29(26,27)17-7-8-19-18(10-17)23-21(25)15(4)28-19/h5-10,14-15H,11H2,1-4H3,(H,22,24)(H,23,25)/t14-,15-/m0/s1. The number of carbonyl (C=O) groups is 2. The van der Waals surface area contributed by atoms with E-state index in [4.69, 9.17) is 0 Å². The molecule has 2 aromatic carbocycles. The van der Waals surface area contributed by atoms with Gasteiger partial charge in [0.05, 0.1) is 21.6 Å². The van der Waals surface area contributed by atoms with E-state index in [2.05, 4.69) is 10.6 Å². The molecule has 0 bridgehead atoms. The number of sulfone groups is 1. The fraction of sp³-hybridized carbons (Fsp3) is 0.333. The second kappa shape index (κ2) is 8.20. The predicted octanol–water partition coefficient (Wildman–Crippen LogP) is 3.78. The van der Waals surface area contributed by atoms with E-state index in [1.807, 2.05) is 26.0 Å². The zero-order valence-electron chi connectivity index (χ0n) is 16.8. The smallest absolute Gasteiger partial charge is 0.237 e. The van der Waals surface area contributed by atoms with Gasteiger partial charge in [-0.2, -0.15) is 0 Å². The van der Waals surface area contributed by atoms with Crippen molar-refractivity contribution in [2.45, 2.75) is 42.7 Å². The minimum atomic E-state index is -3.70. The van der Waals surface area contributed by atoms with Crippen molar-refractivity contribution in [1.82, 2.24) is 0 Å². The maximum Gasteiger partial charge on any atom is 0.237 e. The third-order valence-electron chi connectivity index (χ3n) is 4.93. The molecule has 1 aliphatic rings. The van der Waals surface area contributed by atoms with E-state index in [0.29, 0.717) is 11.4 Å². The van der Waals surface area contributed by atoms with Crippen LogP contribution >= 0.6 is 11.8 Å². The minimum Gasteiger partial charge on any atom is -0.326 e. The summed E-state index contributed by atoms with van der Waals surface area (Å²) in [5.74, 6) is -1.56. The van der Waals surface area contributed by atoms with Crippen LogP contribution in [0.1, 0.15) is 25.0 Å². The average molecular weight is 433 g/mol. The molecule has 29 heavy (non-hydrogen) atoms. The number of aryl methyl sites for hydroxylation is 2. The normalized spacial score (nSPS) is 17.2. The minimum absolute atomic E-state index is 0.0949. The summed E-state index contributed by atoms with van der Waals surface area (Å²) in [6.07, 6.45) is 0. The van der Waals surface area contributed by atoms with Crippen molar-refractivity contribution in [2.24, 2.45) is 5.92 Å². The van der Waals surface area contributed by atoms with Crippen LogP contribution in [0.4, 0.5) is 11.4 Å². The Morgan fingerprint density at radius 1 is 1.17 bits per heavy atom. The van der Waals surface area contributed by atoms with Gasteiger partial charge in [0.15, 0.2) is 9.84 Å². The van der Waals surface area contributed by atoms with Crippen LogP contribution in [0.25, 0.3) is 0 Å². The van der Waals surface area contributed by atoms with E-state index in [1.165, 1.54) is 23.9 Å². The van der Waals surface area contributed by atoms with Gasteiger partial charge < -0.3 is 10.6 Å². The number of amides is 2. The SMILES string of the molecule is Cc1ccc(NC(=O)[C@@H](C)CS(=O)(=O)c2ccc3c(c2)NC(=O)[C@H](C)S3)cc1C. The van der Waals surface area contributed by atoms with Crippen molar-refractivity contribution in [2.75, 3.05) is 16.4 Å². The maximum absolute atomic E-state index is 12.8.